The Labute approximate surface area is 129 Å². The van der Waals surface area contributed by atoms with Gasteiger partial charge in [-0.15, -0.1) is 11.3 Å². The van der Waals surface area contributed by atoms with E-state index in [0.29, 0.717) is 5.69 Å². The highest BCUT2D eigenvalue weighted by Crippen LogP contribution is 2.23. The van der Waals surface area contributed by atoms with Gasteiger partial charge < -0.3 is 5.73 Å². The zero-order valence-corrected chi connectivity index (χ0v) is 13.3. The van der Waals surface area contributed by atoms with E-state index < -0.39 is 10.0 Å². The fraction of sp³-hybridized carbons (Fsp3) is 0.0833. The number of benzene rings is 1. The molecule has 0 fully saturated rings. The molecule has 8 heteroatoms. The van der Waals surface area contributed by atoms with Crippen LogP contribution >= 0.6 is 27.3 Å². The third-order valence-electron chi connectivity index (χ3n) is 2.53. The summed E-state index contributed by atoms with van der Waals surface area (Å²) >= 11 is 4.77. The third-order valence-corrected chi connectivity index (χ3v) is 5.91. The number of nitrogens with one attached hydrogen (secondary N) is 1. The number of nitrogens with zero attached hydrogens (tertiary/aromatic N) is 1. The molecule has 0 atom stereocenters. The average Bonchev–Trinajstić information content (AvgIpc) is 2.81. The Kier molecular flexibility index (Phi) is 4.45. The van der Waals surface area contributed by atoms with Crippen molar-refractivity contribution in [3.05, 3.63) is 44.6 Å². The van der Waals surface area contributed by atoms with Gasteiger partial charge in [-0.25, -0.2) is 13.1 Å². The average molecular weight is 372 g/mol. The molecule has 2 aromatic rings. The molecular formula is C12H10BrN3O2S2. The lowest BCUT2D eigenvalue weighted by Gasteiger charge is -2.08. The normalized spacial score (nSPS) is 11.2. The highest BCUT2D eigenvalue weighted by atomic mass is 79.9. The maximum atomic E-state index is 12.2. The Balaban J connectivity index is 2.28. The van der Waals surface area contributed by atoms with Crippen molar-refractivity contribution in [2.45, 2.75) is 11.4 Å². The third kappa shape index (κ3) is 3.19. The summed E-state index contributed by atoms with van der Waals surface area (Å²) in [7, 11) is -3.75. The van der Waals surface area contributed by atoms with Crippen molar-refractivity contribution in [2.24, 2.45) is 0 Å². The summed E-state index contributed by atoms with van der Waals surface area (Å²) in [5.41, 5.74) is 5.93. The van der Waals surface area contributed by atoms with Crippen LogP contribution in [0.3, 0.4) is 0 Å². The first kappa shape index (κ1) is 15.0. The van der Waals surface area contributed by atoms with E-state index in [1.165, 1.54) is 29.5 Å². The molecular weight excluding hydrogens is 362 g/mol. The highest BCUT2D eigenvalue weighted by molar-refractivity contribution is 9.10. The summed E-state index contributed by atoms with van der Waals surface area (Å²) in [6, 6.07) is 7.82. The number of nitrogen functional groups attached to an aromatic ring is 1. The Morgan fingerprint density at radius 1 is 1.40 bits per heavy atom. The van der Waals surface area contributed by atoms with Crippen LogP contribution in [0.25, 0.3) is 0 Å². The van der Waals surface area contributed by atoms with Gasteiger partial charge in [0.1, 0.15) is 6.07 Å². The van der Waals surface area contributed by atoms with Crippen molar-refractivity contribution in [3.63, 3.8) is 0 Å². The Morgan fingerprint density at radius 3 is 2.75 bits per heavy atom. The van der Waals surface area contributed by atoms with Gasteiger partial charge in [0.05, 0.1) is 10.5 Å². The number of nitrogens with two attached hydrogens (primary N) is 1. The van der Waals surface area contributed by atoms with Crippen LogP contribution in [0.15, 0.2) is 39.0 Å². The molecule has 104 valence electrons. The van der Waals surface area contributed by atoms with Gasteiger partial charge in [-0.1, -0.05) is 0 Å². The molecule has 0 aliphatic heterocycles. The first-order chi connectivity index (χ1) is 9.44. The number of nitriles is 1. The van der Waals surface area contributed by atoms with E-state index in [-0.39, 0.29) is 17.0 Å². The second-order valence-electron chi connectivity index (χ2n) is 3.88. The Bertz CT molecular complexity index is 778. The minimum absolute atomic E-state index is 0.0303. The van der Waals surface area contributed by atoms with E-state index in [0.717, 1.165) is 9.35 Å². The number of anilines is 1. The molecule has 0 bridgehead atoms. The van der Waals surface area contributed by atoms with Gasteiger partial charge in [-0.05, 0) is 45.6 Å². The van der Waals surface area contributed by atoms with Crippen LogP contribution in [0.4, 0.5) is 5.69 Å². The number of sulfonamides is 1. The molecule has 0 saturated heterocycles. The molecule has 1 aromatic heterocycles. The van der Waals surface area contributed by atoms with E-state index >= 15 is 0 Å². The summed E-state index contributed by atoms with van der Waals surface area (Å²) in [4.78, 5) is 0.796. The van der Waals surface area contributed by atoms with Gasteiger partial charge >= 0.3 is 0 Å². The minimum Gasteiger partial charge on any atom is -0.399 e. The minimum atomic E-state index is -3.75. The quantitative estimate of drug-likeness (QED) is 0.806. The summed E-state index contributed by atoms with van der Waals surface area (Å²) in [5.74, 6) is 0. The highest BCUT2D eigenvalue weighted by Gasteiger charge is 2.19. The van der Waals surface area contributed by atoms with Crippen molar-refractivity contribution in [2.75, 3.05) is 5.73 Å². The van der Waals surface area contributed by atoms with Crippen LogP contribution in [0, 0.1) is 11.3 Å². The van der Waals surface area contributed by atoms with E-state index in [1.807, 2.05) is 17.5 Å². The lowest BCUT2D eigenvalue weighted by Crippen LogP contribution is -2.23. The fourth-order valence-corrected chi connectivity index (χ4v) is 4.21. The Morgan fingerprint density at radius 2 is 2.15 bits per heavy atom. The van der Waals surface area contributed by atoms with E-state index in [1.54, 1.807) is 0 Å². The summed E-state index contributed by atoms with van der Waals surface area (Å²) in [6.07, 6.45) is 0. The number of hydrogen-bond donors (Lipinski definition) is 2. The predicted molar refractivity (Wildman–Crippen MR) is 81.6 cm³/mol. The molecule has 0 aliphatic carbocycles. The topological polar surface area (TPSA) is 96.0 Å². The lowest BCUT2D eigenvalue weighted by molar-refractivity contribution is 0.581. The van der Waals surface area contributed by atoms with Gasteiger partial charge in [-0.2, -0.15) is 5.26 Å². The van der Waals surface area contributed by atoms with Crippen molar-refractivity contribution in [1.29, 1.82) is 5.26 Å². The zero-order valence-electron chi connectivity index (χ0n) is 10.1. The summed E-state index contributed by atoms with van der Waals surface area (Å²) in [5, 5.41) is 10.9. The van der Waals surface area contributed by atoms with Crippen molar-refractivity contribution >= 4 is 43.0 Å². The first-order valence-corrected chi connectivity index (χ1v) is 8.61. The van der Waals surface area contributed by atoms with Crippen LogP contribution in [0.1, 0.15) is 10.4 Å². The summed E-state index contributed by atoms with van der Waals surface area (Å²) in [6.45, 7) is 0.163. The van der Waals surface area contributed by atoms with Gasteiger partial charge in [0, 0.05) is 21.6 Å². The van der Waals surface area contributed by atoms with Gasteiger partial charge in [0.15, 0.2) is 0 Å². The van der Waals surface area contributed by atoms with Crippen LogP contribution in [0.2, 0.25) is 0 Å². The number of thiophene rings is 1. The molecule has 2 rings (SSSR count). The molecule has 1 aromatic carbocycles. The number of hydrogen-bond acceptors (Lipinski definition) is 5. The lowest BCUT2D eigenvalue weighted by atomic mass is 10.2. The monoisotopic (exact) mass is 371 g/mol. The molecule has 0 amide bonds. The van der Waals surface area contributed by atoms with Gasteiger partial charge in [-0.3, -0.25) is 0 Å². The molecule has 1 heterocycles. The van der Waals surface area contributed by atoms with Crippen LogP contribution in [-0.2, 0) is 16.6 Å². The molecule has 20 heavy (non-hydrogen) atoms. The molecule has 5 nitrogen and oxygen atoms in total. The van der Waals surface area contributed by atoms with Crippen molar-refractivity contribution < 1.29 is 8.42 Å². The second-order valence-corrected chi connectivity index (χ2v) is 7.47. The van der Waals surface area contributed by atoms with Gasteiger partial charge in [0.2, 0.25) is 10.0 Å². The standard InChI is InChI=1S/C12H10BrN3O2S2/c13-10-3-4-19-11(10)7-16-20(17,18)12-2-1-9(15)5-8(12)6-14/h1-5,16H,7,15H2. The molecule has 0 radical (unpaired) electrons. The largest absolute Gasteiger partial charge is 0.399 e. The number of rotatable bonds is 4. The Hall–Kier alpha value is -1.40. The van der Waals surface area contributed by atoms with Crippen LogP contribution in [-0.4, -0.2) is 8.42 Å². The van der Waals surface area contributed by atoms with Crippen LogP contribution in [0.5, 0.6) is 0 Å². The smallest absolute Gasteiger partial charge is 0.242 e. The fourth-order valence-electron chi connectivity index (χ4n) is 1.56. The van der Waals surface area contributed by atoms with Gasteiger partial charge in [0.25, 0.3) is 0 Å². The van der Waals surface area contributed by atoms with E-state index in [4.69, 9.17) is 11.0 Å². The molecule has 0 unspecified atom stereocenters. The molecule has 0 spiro atoms. The SMILES string of the molecule is N#Cc1cc(N)ccc1S(=O)(=O)NCc1sccc1Br. The van der Waals surface area contributed by atoms with Crippen molar-refractivity contribution in [1.82, 2.24) is 4.72 Å². The molecule has 3 N–H and O–H groups in total. The number of halogens is 1. The predicted octanol–water partition coefficient (Wildman–Crippen LogP) is 2.44. The first-order valence-electron chi connectivity index (χ1n) is 5.45. The zero-order chi connectivity index (χ0) is 14.8. The second kappa shape index (κ2) is 5.93. The van der Waals surface area contributed by atoms with E-state index in [9.17, 15) is 8.42 Å². The molecule has 0 saturated carbocycles. The maximum Gasteiger partial charge on any atom is 0.242 e. The maximum absolute atomic E-state index is 12.2. The summed E-state index contributed by atoms with van der Waals surface area (Å²) < 4.78 is 27.8. The van der Waals surface area contributed by atoms with Crippen LogP contribution < -0.4 is 10.5 Å². The van der Waals surface area contributed by atoms with E-state index in [2.05, 4.69) is 20.7 Å². The van der Waals surface area contributed by atoms with Crippen molar-refractivity contribution in [3.8, 4) is 6.07 Å². The molecule has 0 aliphatic rings.